The second-order valence-corrected chi connectivity index (χ2v) is 8.14. The van der Waals surface area contributed by atoms with Crippen LogP contribution in [0, 0.1) is 13.8 Å². The summed E-state index contributed by atoms with van der Waals surface area (Å²) >= 11 is 1.44. The minimum absolute atomic E-state index is 0.264. The lowest BCUT2D eigenvalue weighted by molar-refractivity contribution is -0.141. The van der Waals surface area contributed by atoms with Crippen molar-refractivity contribution in [1.82, 2.24) is 9.55 Å². The van der Waals surface area contributed by atoms with Crippen LogP contribution in [0.5, 0.6) is 0 Å². The van der Waals surface area contributed by atoms with Crippen LogP contribution in [0.3, 0.4) is 0 Å². The molecule has 158 valence electrons. The highest BCUT2D eigenvalue weighted by Crippen LogP contribution is 2.28. The number of rotatable bonds is 8. The van der Waals surface area contributed by atoms with E-state index in [1.807, 2.05) is 13.8 Å². The van der Waals surface area contributed by atoms with Gasteiger partial charge in [0.15, 0.2) is 5.78 Å². The minimum atomic E-state index is -1.06. The van der Waals surface area contributed by atoms with Crippen LogP contribution in [0.1, 0.15) is 39.1 Å². The summed E-state index contributed by atoms with van der Waals surface area (Å²) in [7, 11) is 2.82. The lowest BCUT2D eigenvalue weighted by atomic mass is 10.0. The monoisotopic (exact) mass is 428 g/mol. The topological polar surface area (TPSA) is 87.5 Å². The molecule has 7 nitrogen and oxygen atoms in total. The van der Waals surface area contributed by atoms with Gasteiger partial charge in [-0.1, -0.05) is 30.3 Å². The van der Waals surface area contributed by atoms with Crippen molar-refractivity contribution in [2.45, 2.75) is 32.7 Å². The number of hydrogen-bond acceptors (Lipinski definition) is 7. The smallest absolute Gasteiger partial charge is 0.308 e. The SMILES string of the molecule is COCCc1nc2sc(C)c(C)c2c(=O)n1C(CC(=O)OC)C(=O)c1ccccc1. The van der Waals surface area contributed by atoms with Crippen molar-refractivity contribution in [2.24, 2.45) is 0 Å². The van der Waals surface area contributed by atoms with Crippen molar-refractivity contribution in [3.05, 3.63) is 62.5 Å². The standard InChI is InChI=1S/C22H24N2O5S/c1-13-14(2)30-21-19(13)22(27)24(17(23-21)10-11-28-3)16(12-18(25)29-4)20(26)15-8-6-5-7-9-15/h5-9,16H,10-12H2,1-4H3. The summed E-state index contributed by atoms with van der Waals surface area (Å²) in [6, 6.07) is 7.55. The van der Waals surface area contributed by atoms with E-state index in [2.05, 4.69) is 4.98 Å². The van der Waals surface area contributed by atoms with Crippen LogP contribution < -0.4 is 5.56 Å². The van der Waals surface area contributed by atoms with Gasteiger partial charge in [0.2, 0.25) is 0 Å². The maximum atomic E-state index is 13.6. The summed E-state index contributed by atoms with van der Waals surface area (Å²) < 4.78 is 11.3. The number of carbonyl (C=O) groups is 2. The number of ketones is 1. The molecule has 3 aromatic rings. The van der Waals surface area contributed by atoms with Crippen LogP contribution in [0.15, 0.2) is 35.1 Å². The van der Waals surface area contributed by atoms with Crippen LogP contribution in [-0.2, 0) is 20.7 Å². The van der Waals surface area contributed by atoms with Crippen LogP contribution in [-0.4, -0.2) is 42.1 Å². The molecular weight excluding hydrogens is 404 g/mol. The Morgan fingerprint density at radius 3 is 2.50 bits per heavy atom. The summed E-state index contributed by atoms with van der Waals surface area (Å²) in [5.74, 6) is -0.506. The van der Waals surface area contributed by atoms with Gasteiger partial charge in [0.25, 0.3) is 5.56 Å². The third-order valence-electron chi connectivity index (χ3n) is 5.10. The Hall–Kier alpha value is -2.84. The van der Waals surface area contributed by atoms with Crippen LogP contribution in [0.25, 0.3) is 10.2 Å². The number of Topliss-reactive ketones (excluding diaryl/α,β-unsaturated/α-hetero) is 1. The Kier molecular flexibility index (Phi) is 6.79. The first-order valence-electron chi connectivity index (χ1n) is 9.55. The first-order chi connectivity index (χ1) is 14.4. The number of aryl methyl sites for hydroxylation is 2. The Morgan fingerprint density at radius 1 is 1.17 bits per heavy atom. The molecule has 1 unspecified atom stereocenters. The number of esters is 1. The van der Waals surface area contributed by atoms with Gasteiger partial charge in [0.1, 0.15) is 16.7 Å². The molecule has 0 radical (unpaired) electrons. The lowest BCUT2D eigenvalue weighted by Gasteiger charge is -2.21. The van der Waals surface area contributed by atoms with Gasteiger partial charge < -0.3 is 9.47 Å². The van der Waals surface area contributed by atoms with Gasteiger partial charge in [-0.15, -0.1) is 11.3 Å². The fourth-order valence-corrected chi connectivity index (χ4v) is 4.42. The van der Waals surface area contributed by atoms with Gasteiger partial charge in [-0.3, -0.25) is 19.0 Å². The third kappa shape index (κ3) is 4.20. The van der Waals surface area contributed by atoms with Gasteiger partial charge in [-0.25, -0.2) is 4.98 Å². The molecular formula is C22H24N2O5S. The second kappa shape index (κ2) is 9.32. The number of benzene rings is 1. The number of aromatic nitrogens is 2. The third-order valence-corrected chi connectivity index (χ3v) is 6.20. The number of ether oxygens (including phenoxy) is 2. The van der Waals surface area contributed by atoms with E-state index in [1.165, 1.54) is 23.0 Å². The quantitative estimate of drug-likeness (QED) is 0.404. The van der Waals surface area contributed by atoms with Crippen molar-refractivity contribution in [2.75, 3.05) is 20.8 Å². The molecule has 0 fully saturated rings. The zero-order valence-corrected chi connectivity index (χ0v) is 18.2. The van der Waals surface area contributed by atoms with Crippen LogP contribution in [0.4, 0.5) is 0 Å². The molecule has 8 heteroatoms. The zero-order chi connectivity index (χ0) is 21.8. The lowest BCUT2D eigenvalue weighted by Crippen LogP contribution is -2.35. The van der Waals surface area contributed by atoms with E-state index in [-0.39, 0.29) is 17.8 Å². The molecule has 1 aromatic carbocycles. The minimum Gasteiger partial charge on any atom is -0.469 e. The molecule has 0 bridgehead atoms. The largest absolute Gasteiger partial charge is 0.469 e. The predicted octanol–water partition coefficient (Wildman–Crippen LogP) is 3.25. The first-order valence-corrected chi connectivity index (χ1v) is 10.4. The first kappa shape index (κ1) is 21.9. The molecule has 0 N–H and O–H groups in total. The van der Waals surface area contributed by atoms with Crippen molar-refractivity contribution >= 4 is 33.3 Å². The number of hydrogen-bond donors (Lipinski definition) is 0. The summed E-state index contributed by atoms with van der Waals surface area (Å²) in [6.45, 7) is 4.12. The maximum absolute atomic E-state index is 13.6. The Balaban J connectivity index is 2.26. The second-order valence-electron chi connectivity index (χ2n) is 6.94. The molecule has 0 aliphatic rings. The average Bonchev–Trinajstić information content (AvgIpc) is 3.04. The summed E-state index contributed by atoms with van der Waals surface area (Å²) in [5, 5.41) is 0.481. The molecule has 0 amide bonds. The number of fused-ring (bicyclic) bond motifs is 1. The fourth-order valence-electron chi connectivity index (χ4n) is 3.38. The van der Waals surface area contributed by atoms with E-state index in [4.69, 9.17) is 9.47 Å². The van der Waals surface area contributed by atoms with Crippen molar-refractivity contribution in [3.63, 3.8) is 0 Å². The fraction of sp³-hybridized carbons (Fsp3) is 0.364. The average molecular weight is 429 g/mol. The van der Waals surface area contributed by atoms with E-state index < -0.39 is 12.0 Å². The Bertz CT molecular complexity index is 1130. The van der Waals surface area contributed by atoms with E-state index in [9.17, 15) is 14.4 Å². The number of carbonyl (C=O) groups excluding carboxylic acids is 2. The molecule has 0 saturated heterocycles. The predicted molar refractivity (Wildman–Crippen MR) is 115 cm³/mol. The highest BCUT2D eigenvalue weighted by Gasteiger charge is 2.30. The zero-order valence-electron chi connectivity index (χ0n) is 17.4. The van der Waals surface area contributed by atoms with Crippen molar-refractivity contribution < 1.29 is 19.1 Å². The molecule has 0 saturated carbocycles. The van der Waals surface area contributed by atoms with Crippen LogP contribution >= 0.6 is 11.3 Å². The van der Waals surface area contributed by atoms with Gasteiger partial charge >= 0.3 is 5.97 Å². The number of thiophene rings is 1. The molecule has 30 heavy (non-hydrogen) atoms. The van der Waals surface area contributed by atoms with Crippen molar-refractivity contribution in [1.29, 1.82) is 0 Å². The van der Waals surface area contributed by atoms with Gasteiger partial charge in [-0.2, -0.15) is 0 Å². The molecule has 2 aromatic heterocycles. The van der Waals surface area contributed by atoms with E-state index >= 15 is 0 Å². The van der Waals surface area contributed by atoms with Gasteiger partial charge in [0.05, 0.1) is 25.5 Å². The maximum Gasteiger partial charge on any atom is 0.308 e. The highest BCUT2D eigenvalue weighted by molar-refractivity contribution is 7.18. The molecule has 2 heterocycles. The molecule has 0 aliphatic carbocycles. The Labute approximate surface area is 178 Å². The Morgan fingerprint density at radius 2 is 1.87 bits per heavy atom. The van der Waals surface area contributed by atoms with E-state index in [1.54, 1.807) is 37.4 Å². The van der Waals surface area contributed by atoms with Crippen LogP contribution in [0.2, 0.25) is 0 Å². The molecule has 0 spiro atoms. The number of methoxy groups -OCH3 is 2. The summed E-state index contributed by atoms with van der Waals surface area (Å²) in [4.78, 5) is 45.4. The van der Waals surface area contributed by atoms with Gasteiger partial charge in [-0.05, 0) is 19.4 Å². The van der Waals surface area contributed by atoms with E-state index in [0.29, 0.717) is 34.6 Å². The number of nitrogens with zero attached hydrogens (tertiary/aromatic N) is 2. The van der Waals surface area contributed by atoms with Crippen molar-refractivity contribution in [3.8, 4) is 0 Å². The molecule has 1 atom stereocenters. The molecule has 3 rings (SSSR count). The molecule has 0 aliphatic heterocycles. The highest BCUT2D eigenvalue weighted by atomic mass is 32.1. The van der Waals surface area contributed by atoms with E-state index in [0.717, 1.165) is 10.4 Å². The normalized spacial score (nSPS) is 12.1. The summed E-state index contributed by atoms with van der Waals surface area (Å²) in [5.41, 5.74) is 0.920. The van der Waals surface area contributed by atoms with Gasteiger partial charge in [0, 0.05) is 24.0 Å². The summed E-state index contributed by atoms with van der Waals surface area (Å²) in [6.07, 6.45) is 0.0664.